The van der Waals surface area contributed by atoms with Crippen molar-refractivity contribution in [2.75, 3.05) is 18.5 Å². The van der Waals surface area contributed by atoms with Crippen molar-refractivity contribution in [3.8, 4) is 6.07 Å². The zero-order valence-electron chi connectivity index (χ0n) is 14.2. The molecule has 23 heavy (non-hydrogen) atoms. The fraction of sp³-hybridized carbons (Fsp3) is 0.684. The zero-order valence-corrected chi connectivity index (χ0v) is 14.2. The molecule has 1 saturated heterocycles. The standard InChI is InChI=1S/C19H27N3O/c1-2-3-10-18-16-9-5-4-8-15(16)17(12-20)19(22-18)21-13-14-7-6-11-23-14/h14H,2-11,13H2,1H3,(H,21,22)/p+1/t14-/m1/s1. The maximum atomic E-state index is 9.69. The van der Waals surface area contributed by atoms with Crippen LogP contribution in [0.5, 0.6) is 0 Å². The number of nitrogens with one attached hydrogen (secondary N) is 2. The lowest BCUT2D eigenvalue weighted by molar-refractivity contribution is -0.375. The van der Waals surface area contributed by atoms with E-state index in [4.69, 9.17) is 4.74 Å². The number of ether oxygens (including phenoxy) is 1. The minimum Gasteiger partial charge on any atom is -0.374 e. The van der Waals surface area contributed by atoms with Crippen LogP contribution in [0.15, 0.2) is 0 Å². The fourth-order valence-electron chi connectivity index (χ4n) is 3.80. The number of H-pyrrole nitrogens is 1. The summed E-state index contributed by atoms with van der Waals surface area (Å²) in [5.74, 6) is 0.912. The molecule has 0 spiro atoms. The third-order valence-electron chi connectivity index (χ3n) is 5.08. The highest BCUT2D eigenvalue weighted by atomic mass is 16.5. The zero-order chi connectivity index (χ0) is 16.1. The first-order valence-electron chi connectivity index (χ1n) is 9.19. The molecule has 1 aliphatic carbocycles. The molecule has 4 nitrogen and oxygen atoms in total. The van der Waals surface area contributed by atoms with E-state index >= 15 is 0 Å². The van der Waals surface area contributed by atoms with Crippen molar-refractivity contribution >= 4 is 5.82 Å². The predicted molar refractivity (Wildman–Crippen MR) is 90.4 cm³/mol. The summed E-state index contributed by atoms with van der Waals surface area (Å²) in [6.45, 7) is 3.89. The third kappa shape index (κ3) is 3.67. The second-order valence-corrected chi connectivity index (χ2v) is 6.75. The molecule has 0 saturated carbocycles. The van der Waals surface area contributed by atoms with E-state index in [2.05, 4.69) is 23.3 Å². The first-order valence-corrected chi connectivity index (χ1v) is 9.19. The number of hydrogen-bond acceptors (Lipinski definition) is 3. The number of nitriles is 1. The monoisotopic (exact) mass is 314 g/mol. The second kappa shape index (κ2) is 7.79. The van der Waals surface area contributed by atoms with Crippen molar-refractivity contribution in [1.29, 1.82) is 5.26 Å². The van der Waals surface area contributed by atoms with Crippen LogP contribution in [0.25, 0.3) is 0 Å². The Kier molecular flexibility index (Phi) is 5.51. The summed E-state index contributed by atoms with van der Waals surface area (Å²) >= 11 is 0. The van der Waals surface area contributed by atoms with Crippen molar-refractivity contribution in [2.24, 2.45) is 0 Å². The number of nitrogens with zero attached hydrogens (tertiary/aromatic N) is 1. The molecule has 2 aliphatic rings. The Hall–Kier alpha value is -1.60. The summed E-state index contributed by atoms with van der Waals surface area (Å²) in [7, 11) is 0. The van der Waals surface area contributed by atoms with Gasteiger partial charge >= 0.3 is 0 Å². The van der Waals surface area contributed by atoms with Gasteiger partial charge in [0.05, 0.1) is 6.10 Å². The molecule has 1 atom stereocenters. The van der Waals surface area contributed by atoms with Crippen LogP contribution in [0.3, 0.4) is 0 Å². The van der Waals surface area contributed by atoms with E-state index in [0.29, 0.717) is 0 Å². The van der Waals surface area contributed by atoms with Crippen LogP contribution < -0.4 is 10.3 Å². The van der Waals surface area contributed by atoms with Gasteiger partial charge in [-0.1, -0.05) is 13.3 Å². The molecule has 2 heterocycles. The predicted octanol–water partition coefficient (Wildman–Crippen LogP) is 3.18. The van der Waals surface area contributed by atoms with Crippen LogP contribution >= 0.6 is 0 Å². The summed E-state index contributed by atoms with van der Waals surface area (Å²) in [5, 5.41) is 13.2. The summed E-state index contributed by atoms with van der Waals surface area (Å²) in [5.41, 5.74) is 4.88. The number of pyridine rings is 1. The molecule has 3 rings (SSSR count). The Morgan fingerprint density at radius 2 is 2.09 bits per heavy atom. The number of fused-ring (bicyclic) bond motifs is 1. The van der Waals surface area contributed by atoms with Gasteiger partial charge in [0.15, 0.2) is 0 Å². The Morgan fingerprint density at radius 3 is 2.78 bits per heavy atom. The van der Waals surface area contributed by atoms with Gasteiger partial charge in [0.25, 0.3) is 5.82 Å². The quantitative estimate of drug-likeness (QED) is 0.877. The van der Waals surface area contributed by atoms with Crippen molar-refractivity contribution in [1.82, 2.24) is 0 Å². The molecule has 2 N–H and O–H groups in total. The van der Waals surface area contributed by atoms with Crippen LogP contribution in [0.2, 0.25) is 0 Å². The van der Waals surface area contributed by atoms with E-state index < -0.39 is 0 Å². The summed E-state index contributed by atoms with van der Waals surface area (Å²) in [4.78, 5) is 3.56. The van der Waals surface area contributed by atoms with Gasteiger partial charge in [0.2, 0.25) is 0 Å². The van der Waals surface area contributed by atoms with Crippen molar-refractivity contribution in [3.05, 3.63) is 22.4 Å². The second-order valence-electron chi connectivity index (χ2n) is 6.75. The van der Waals surface area contributed by atoms with Crippen LogP contribution in [0.4, 0.5) is 5.82 Å². The Bertz CT molecular complexity index is 585. The van der Waals surface area contributed by atoms with Gasteiger partial charge in [0.1, 0.15) is 23.9 Å². The molecular formula is C19H28N3O+. The first-order chi connectivity index (χ1) is 11.3. The highest BCUT2D eigenvalue weighted by molar-refractivity contribution is 5.56. The molecule has 4 heteroatoms. The third-order valence-corrected chi connectivity index (χ3v) is 5.08. The van der Waals surface area contributed by atoms with Gasteiger partial charge in [-0.25, -0.2) is 4.98 Å². The molecule has 124 valence electrons. The smallest absolute Gasteiger partial charge is 0.290 e. The molecule has 0 radical (unpaired) electrons. The summed E-state index contributed by atoms with van der Waals surface area (Å²) < 4.78 is 5.70. The molecule has 1 aromatic heterocycles. The minimum atomic E-state index is 0.282. The summed E-state index contributed by atoms with van der Waals surface area (Å²) in [6.07, 6.45) is 10.6. The van der Waals surface area contributed by atoms with Gasteiger partial charge in [-0.3, -0.25) is 5.32 Å². The van der Waals surface area contributed by atoms with Crippen LogP contribution in [-0.4, -0.2) is 19.3 Å². The highest BCUT2D eigenvalue weighted by Gasteiger charge is 2.26. The average Bonchev–Trinajstić information content (AvgIpc) is 3.11. The fourth-order valence-corrected chi connectivity index (χ4v) is 3.80. The maximum Gasteiger partial charge on any atom is 0.290 e. The maximum absolute atomic E-state index is 9.69. The molecule has 0 bridgehead atoms. The Morgan fingerprint density at radius 1 is 1.26 bits per heavy atom. The average molecular weight is 314 g/mol. The lowest BCUT2D eigenvalue weighted by Crippen LogP contribution is -2.29. The van der Waals surface area contributed by atoms with Crippen molar-refractivity contribution in [3.63, 3.8) is 0 Å². The van der Waals surface area contributed by atoms with E-state index in [1.807, 2.05) is 0 Å². The number of hydrogen-bond donors (Lipinski definition) is 1. The topological polar surface area (TPSA) is 59.2 Å². The lowest BCUT2D eigenvalue weighted by Gasteiger charge is -2.20. The van der Waals surface area contributed by atoms with Gasteiger partial charge in [-0.05, 0) is 56.1 Å². The van der Waals surface area contributed by atoms with Gasteiger partial charge in [-0.15, -0.1) is 0 Å². The number of unbranched alkanes of at least 4 members (excludes halogenated alkanes) is 1. The van der Waals surface area contributed by atoms with Crippen LogP contribution in [0.1, 0.15) is 67.8 Å². The highest BCUT2D eigenvalue weighted by Crippen LogP contribution is 2.29. The van der Waals surface area contributed by atoms with Crippen molar-refractivity contribution < 1.29 is 9.72 Å². The van der Waals surface area contributed by atoms with Crippen molar-refractivity contribution in [2.45, 2.75) is 70.8 Å². The molecule has 0 amide bonds. The van der Waals surface area contributed by atoms with E-state index in [1.54, 1.807) is 0 Å². The molecule has 1 fully saturated rings. The molecule has 1 aromatic rings. The summed E-state index contributed by atoms with van der Waals surface area (Å²) in [6, 6.07) is 2.45. The largest absolute Gasteiger partial charge is 0.374 e. The molecule has 1 aliphatic heterocycles. The molecule has 0 unspecified atom stereocenters. The number of anilines is 1. The SMILES string of the molecule is CCCCc1[nH+]c(NC[C@H]2CCCO2)c(C#N)c2c1CCCC2. The van der Waals surface area contributed by atoms with E-state index in [1.165, 1.54) is 42.5 Å². The number of rotatable bonds is 6. The van der Waals surface area contributed by atoms with Gasteiger partial charge < -0.3 is 4.74 Å². The number of aryl methyl sites for hydroxylation is 1. The van der Waals surface area contributed by atoms with Gasteiger partial charge in [-0.2, -0.15) is 5.26 Å². The molecule has 0 aromatic carbocycles. The van der Waals surface area contributed by atoms with Crippen LogP contribution in [-0.2, 0) is 24.0 Å². The lowest BCUT2D eigenvalue weighted by atomic mass is 9.86. The van der Waals surface area contributed by atoms with E-state index in [-0.39, 0.29) is 6.10 Å². The Labute approximate surface area is 139 Å². The number of aromatic amines is 1. The first kappa shape index (κ1) is 16.3. The van der Waals surface area contributed by atoms with Gasteiger partial charge in [0, 0.05) is 13.0 Å². The van der Waals surface area contributed by atoms with Crippen LogP contribution in [0, 0.1) is 11.3 Å². The van der Waals surface area contributed by atoms with E-state index in [0.717, 1.165) is 56.6 Å². The normalized spacial score (nSPS) is 20.1. The Balaban J connectivity index is 1.88. The van der Waals surface area contributed by atoms with E-state index in [9.17, 15) is 5.26 Å². The molecular weight excluding hydrogens is 286 g/mol. The number of aromatic nitrogens is 1. The minimum absolute atomic E-state index is 0.282.